The Morgan fingerprint density at radius 2 is 1.80 bits per heavy atom. The Kier molecular flexibility index (Phi) is 4.68. The van der Waals surface area contributed by atoms with Gasteiger partial charge in [0.05, 0.1) is 0 Å². The molecule has 0 saturated carbocycles. The summed E-state index contributed by atoms with van der Waals surface area (Å²) in [6.45, 7) is 0. The molecule has 5 heteroatoms. The summed E-state index contributed by atoms with van der Waals surface area (Å²) in [6.07, 6.45) is 0.214. The minimum atomic E-state index is -0.660. The van der Waals surface area contributed by atoms with Crippen molar-refractivity contribution in [2.24, 2.45) is 0 Å². The third-order valence-electron chi connectivity index (χ3n) is 3.12. The van der Waals surface area contributed by atoms with E-state index < -0.39 is 23.5 Å². The predicted octanol–water partition coefficient (Wildman–Crippen LogP) is 4.26. The fourth-order valence-corrected chi connectivity index (χ4v) is 2.27. The first-order chi connectivity index (χ1) is 9.51. The van der Waals surface area contributed by atoms with Crippen LogP contribution in [0.1, 0.15) is 17.2 Å². The highest BCUT2D eigenvalue weighted by atomic mass is 35.5. The summed E-state index contributed by atoms with van der Waals surface area (Å²) >= 11 is 5.83. The molecule has 0 aliphatic heterocycles. The van der Waals surface area contributed by atoms with E-state index in [0.717, 1.165) is 6.07 Å². The van der Waals surface area contributed by atoms with Gasteiger partial charge in [0.1, 0.15) is 17.5 Å². The molecule has 0 bridgehead atoms. The summed E-state index contributed by atoms with van der Waals surface area (Å²) in [6, 6.07) is 7.10. The van der Waals surface area contributed by atoms with E-state index >= 15 is 0 Å². The van der Waals surface area contributed by atoms with Crippen LogP contribution in [0.2, 0.25) is 5.02 Å². The lowest BCUT2D eigenvalue weighted by molar-refractivity contribution is 0.511. The van der Waals surface area contributed by atoms with Crippen molar-refractivity contribution in [3.8, 4) is 0 Å². The van der Waals surface area contributed by atoms with Gasteiger partial charge in [0.2, 0.25) is 0 Å². The van der Waals surface area contributed by atoms with E-state index in [-0.39, 0.29) is 12.0 Å². The number of hydrogen-bond donors (Lipinski definition) is 1. The maximum Gasteiger partial charge on any atom is 0.130 e. The van der Waals surface area contributed by atoms with Gasteiger partial charge in [0, 0.05) is 22.7 Å². The molecule has 0 aromatic heterocycles. The van der Waals surface area contributed by atoms with Gasteiger partial charge in [-0.1, -0.05) is 17.7 Å². The van der Waals surface area contributed by atoms with Crippen molar-refractivity contribution in [3.05, 3.63) is 70.0 Å². The SMILES string of the molecule is CNC(Cc1cc(Cl)ccc1F)c1ccc(F)cc1F. The molecule has 1 N–H and O–H groups in total. The van der Waals surface area contributed by atoms with Crippen LogP contribution in [-0.2, 0) is 6.42 Å². The Morgan fingerprint density at radius 1 is 1.05 bits per heavy atom. The zero-order chi connectivity index (χ0) is 14.7. The Bertz CT molecular complexity index is 616. The number of benzene rings is 2. The van der Waals surface area contributed by atoms with Crippen molar-refractivity contribution in [1.82, 2.24) is 5.32 Å². The van der Waals surface area contributed by atoms with Gasteiger partial charge in [-0.3, -0.25) is 0 Å². The van der Waals surface area contributed by atoms with E-state index in [1.165, 1.54) is 30.3 Å². The van der Waals surface area contributed by atoms with Crippen LogP contribution in [0.25, 0.3) is 0 Å². The second-order valence-electron chi connectivity index (χ2n) is 4.45. The van der Waals surface area contributed by atoms with Crippen molar-refractivity contribution in [2.45, 2.75) is 12.5 Å². The lowest BCUT2D eigenvalue weighted by Crippen LogP contribution is -2.20. The molecule has 0 aliphatic rings. The second-order valence-corrected chi connectivity index (χ2v) is 4.88. The van der Waals surface area contributed by atoms with Crippen LogP contribution in [0, 0.1) is 17.5 Å². The molecular weight excluding hydrogens is 287 g/mol. The van der Waals surface area contributed by atoms with E-state index in [4.69, 9.17) is 11.6 Å². The van der Waals surface area contributed by atoms with Gasteiger partial charge in [-0.2, -0.15) is 0 Å². The molecule has 0 heterocycles. The molecule has 106 valence electrons. The second kappa shape index (κ2) is 6.29. The quantitative estimate of drug-likeness (QED) is 0.889. The Morgan fingerprint density at radius 3 is 2.45 bits per heavy atom. The van der Waals surface area contributed by atoms with Crippen LogP contribution in [-0.4, -0.2) is 7.05 Å². The molecule has 2 aromatic carbocycles. The van der Waals surface area contributed by atoms with Crippen LogP contribution in [0.5, 0.6) is 0 Å². The van der Waals surface area contributed by atoms with E-state index in [1.54, 1.807) is 7.05 Å². The fraction of sp³-hybridized carbons (Fsp3) is 0.200. The minimum Gasteiger partial charge on any atom is -0.313 e. The summed E-state index contributed by atoms with van der Waals surface area (Å²) in [5.41, 5.74) is 0.661. The van der Waals surface area contributed by atoms with Crippen LogP contribution < -0.4 is 5.32 Å². The lowest BCUT2D eigenvalue weighted by Gasteiger charge is -2.18. The maximum absolute atomic E-state index is 13.8. The largest absolute Gasteiger partial charge is 0.313 e. The van der Waals surface area contributed by atoms with Crippen molar-refractivity contribution in [1.29, 1.82) is 0 Å². The minimum absolute atomic E-state index is 0.214. The van der Waals surface area contributed by atoms with Crippen molar-refractivity contribution in [2.75, 3.05) is 7.05 Å². The highest BCUT2D eigenvalue weighted by Gasteiger charge is 2.17. The van der Waals surface area contributed by atoms with Crippen molar-refractivity contribution < 1.29 is 13.2 Å². The smallest absolute Gasteiger partial charge is 0.130 e. The summed E-state index contributed by atoms with van der Waals surface area (Å²) in [5, 5.41) is 3.31. The van der Waals surface area contributed by atoms with Gasteiger partial charge < -0.3 is 5.32 Å². The Balaban J connectivity index is 2.31. The molecule has 1 atom stereocenters. The monoisotopic (exact) mass is 299 g/mol. The molecule has 1 unspecified atom stereocenters. The van der Waals surface area contributed by atoms with E-state index in [0.29, 0.717) is 10.6 Å². The molecule has 20 heavy (non-hydrogen) atoms. The Labute approximate surface area is 120 Å². The predicted molar refractivity (Wildman–Crippen MR) is 73.3 cm³/mol. The third kappa shape index (κ3) is 3.32. The van der Waals surface area contributed by atoms with Crippen LogP contribution in [0.3, 0.4) is 0 Å². The fourth-order valence-electron chi connectivity index (χ4n) is 2.07. The molecule has 2 aromatic rings. The first-order valence-electron chi connectivity index (χ1n) is 6.07. The zero-order valence-electron chi connectivity index (χ0n) is 10.8. The standard InChI is InChI=1S/C15H13ClF3N/c1-20-15(12-4-3-11(17)8-14(12)19)7-9-6-10(16)2-5-13(9)18/h2-6,8,15,20H,7H2,1H3. The maximum atomic E-state index is 13.8. The molecule has 2 rings (SSSR count). The first kappa shape index (κ1) is 14.9. The molecule has 0 fully saturated rings. The van der Waals surface area contributed by atoms with Crippen LogP contribution in [0.15, 0.2) is 36.4 Å². The van der Waals surface area contributed by atoms with Gasteiger partial charge >= 0.3 is 0 Å². The van der Waals surface area contributed by atoms with E-state index in [2.05, 4.69) is 5.32 Å². The lowest BCUT2D eigenvalue weighted by atomic mass is 9.98. The molecule has 1 nitrogen and oxygen atoms in total. The average Bonchev–Trinajstić information content (AvgIpc) is 2.40. The molecular formula is C15H13ClF3N. The molecule has 0 spiro atoms. The Hall–Kier alpha value is -1.52. The number of halogens is 4. The topological polar surface area (TPSA) is 12.0 Å². The number of likely N-dealkylation sites (N-methyl/N-ethyl adjacent to an activating group) is 1. The number of hydrogen-bond acceptors (Lipinski definition) is 1. The normalized spacial score (nSPS) is 12.4. The van der Waals surface area contributed by atoms with Crippen LogP contribution >= 0.6 is 11.6 Å². The summed E-state index contributed by atoms with van der Waals surface area (Å²) in [4.78, 5) is 0. The molecule has 0 saturated heterocycles. The molecule has 0 aliphatic carbocycles. The first-order valence-corrected chi connectivity index (χ1v) is 6.45. The van der Waals surface area contributed by atoms with Gasteiger partial charge in [0.25, 0.3) is 0 Å². The van der Waals surface area contributed by atoms with Crippen LogP contribution in [0.4, 0.5) is 13.2 Å². The average molecular weight is 300 g/mol. The van der Waals surface area contributed by atoms with Crippen molar-refractivity contribution in [3.63, 3.8) is 0 Å². The zero-order valence-corrected chi connectivity index (χ0v) is 11.5. The third-order valence-corrected chi connectivity index (χ3v) is 3.35. The van der Waals surface area contributed by atoms with Gasteiger partial charge in [-0.15, -0.1) is 0 Å². The van der Waals surface area contributed by atoms with Gasteiger partial charge in [0.15, 0.2) is 0 Å². The highest BCUT2D eigenvalue weighted by Crippen LogP contribution is 2.24. The summed E-state index contributed by atoms with van der Waals surface area (Å²) in [7, 11) is 1.63. The van der Waals surface area contributed by atoms with Gasteiger partial charge in [-0.25, -0.2) is 13.2 Å². The van der Waals surface area contributed by atoms with Gasteiger partial charge in [-0.05, 0) is 43.3 Å². The van der Waals surface area contributed by atoms with E-state index in [1.807, 2.05) is 0 Å². The number of nitrogens with one attached hydrogen (secondary N) is 1. The summed E-state index contributed by atoms with van der Waals surface area (Å²) < 4.78 is 40.4. The van der Waals surface area contributed by atoms with E-state index in [9.17, 15) is 13.2 Å². The highest BCUT2D eigenvalue weighted by molar-refractivity contribution is 6.30. The summed E-state index contributed by atoms with van der Waals surface area (Å²) in [5.74, 6) is -1.71. The molecule has 0 amide bonds. The molecule has 0 radical (unpaired) electrons. The van der Waals surface area contributed by atoms with Crippen molar-refractivity contribution >= 4 is 11.6 Å². The number of rotatable bonds is 4.